The van der Waals surface area contributed by atoms with Crippen LogP contribution in [0.15, 0.2) is 23.5 Å². The van der Waals surface area contributed by atoms with Gasteiger partial charge in [-0.1, -0.05) is 13.8 Å². The maximum absolute atomic E-state index is 5.61. The van der Waals surface area contributed by atoms with E-state index in [4.69, 9.17) is 4.74 Å². The molecule has 1 aliphatic rings. The van der Waals surface area contributed by atoms with Crippen LogP contribution < -0.4 is 10.2 Å². The van der Waals surface area contributed by atoms with Gasteiger partial charge in [-0.3, -0.25) is 4.99 Å². The van der Waals surface area contributed by atoms with E-state index in [0.717, 1.165) is 51.2 Å². The van der Waals surface area contributed by atoms with Gasteiger partial charge in [0.1, 0.15) is 0 Å². The van der Waals surface area contributed by atoms with Crippen LogP contribution in [0.1, 0.15) is 20.8 Å². The molecule has 1 aromatic rings. The summed E-state index contributed by atoms with van der Waals surface area (Å²) in [6.45, 7) is 13.1. The molecule has 1 aliphatic heterocycles. The fourth-order valence-corrected chi connectivity index (χ4v) is 2.53. The van der Waals surface area contributed by atoms with Crippen LogP contribution >= 0.6 is 0 Å². The summed E-state index contributed by atoms with van der Waals surface area (Å²) in [6, 6.07) is 1.84. The zero-order valence-corrected chi connectivity index (χ0v) is 15.1. The Hall–Kier alpha value is -1.89. The van der Waals surface area contributed by atoms with Crippen molar-refractivity contribution in [1.29, 1.82) is 0 Å². The molecule has 0 saturated carbocycles. The number of aromatic nitrogens is 2. The van der Waals surface area contributed by atoms with Crippen molar-refractivity contribution >= 4 is 11.9 Å². The van der Waals surface area contributed by atoms with Gasteiger partial charge in [-0.15, -0.1) is 0 Å². The first-order chi connectivity index (χ1) is 11.7. The molecule has 134 valence electrons. The van der Waals surface area contributed by atoms with Gasteiger partial charge < -0.3 is 19.9 Å². The monoisotopic (exact) mass is 334 g/mol. The molecular weight excluding hydrogens is 304 g/mol. The summed E-state index contributed by atoms with van der Waals surface area (Å²) in [5, 5.41) is 3.38. The van der Waals surface area contributed by atoms with Crippen LogP contribution in [0.4, 0.5) is 5.95 Å². The predicted octanol–water partition coefficient (Wildman–Crippen LogP) is 1.24. The summed E-state index contributed by atoms with van der Waals surface area (Å²) in [7, 11) is 0. The Morgan fingerprint density at radius 1 is 1.25 bits per heavy atom. The van der Waals surface area contributed by atoms with E-state index in [1.54, 1.807) is 12.4 Å². The molecule has 1 aromatic heterocycles. The Morgan fingerprint density at radius 2 is 1.96 bits per heavy atom. The van der Waals surface area contributed by atoms with E-state index < -0.39 is 0 Å². The van der Waals surface area contributed by atoms with Gasteiger partial charge in [-0.05, 0) is 18.9 Å². The normalized spacial score (nSPS) is 15.9. The second-order valence-electron chi connectivity index (χ2n) is 6.23. The Kier molecular flexibility index (Phi) is 7.74. The molecule has 1 N–H and O–H groups in total. The topological polar surface area (TPSA) is 65.9 Å². The van der Waals surface area contributed by atoms with Crippen LogP contribution in [0.2, 0.25) is 0 Å². The van der Waals surface area contributed by atoms with E-state index in [0.29, 0.717) is 19.1 Å². The van der Waals surface area contributed by atoms with Gasteiger partial charge >= 0.3 is 0 Å². The number of rotatable bonds is 7. The molecule has 0 aromatic carbocycles. The number of hydrogen-bond donors (Lipinski definition) is 1. The van der Waals surface area contributed by atoms with Gasteiger partial charge in [0.05, 0.1) is 13.2 Å². The zero-order valence-electron chi connectivity index (χ0n) is 15.1. The first-order valence-corrected chi connectivity index (χ1v) is 8.83. The first kappa shape index (κ1) is 18.4. The van der Waals surface area contributed by atoms with Gasteiger partial charge in [0.15, 0.2) is 5.96 Å². The lowest BCUT2D eigenvalue weighted by Gasteiger charge is -2.36. The smallest absolute Gasteiger partial charge is 0.225 e. The predicted molar refractivity (Wildman–Crippen MR) is 97.5 cm³/mol. The summed E-state index contributed by atoms with van der Waals surface area (Å²) in [6.07, 6.45) is 3.58. The highest BCUT2D eigenvalue weighted by Crippen LogP contribution is 2.09. The highest BCUT2D eigenvalue weighted by Gasteiger charge is 2.20. The van der Waals surface area contributed by atoms with Crippen molar-refractivity contribution in [3.63, 3.8) is 0 Å². The molecule has 7 nitrogen and oxygen atoms in total. The minimum Gasteiger partial charge on any atom is -0.379 e. The van der Waals surface area contributed by atoms with E-state index >= 15 is 0 Å². The lowest BCUT2D eigenvalue weighted by atomic mass is 10.2. The molecule has 1 saturated heterocycles. The zero-order chi connectivity index (χ0) is 17.2. The van der Waals surface area contributed by atoms with E-state index in [1.807, 2.05) is 6.07 Å². The molecule has 7 heteroatoms. The number of guanidine groups is 1. The summed E-state index contributed by atoms with van der Waals surface area (Å²) in [5.41, 5.74) is 0. The average molecular weight is 334 g/mol. The molecule has 0 atom stereocenters. The van der Waals surface area contributed by atoms with Crippen LogP contribution in [0.5, 0.6) is 0 Å². The minimum atomic E-state index is 0.565. The van der Waals surface area contributed by atoms with E-state index in [1.165, 1.54) is 0 Å². The third kappa shape index (κ3) is 5.96. The molecule has 0 unspecified atom stereocenters. The number of nitrogens with one attached hydrogen (secondary N) is 1. The van der Waals surface area contributed by atoms with Crippen LogP contribution in [-0.2, 0) is 4.74 Å². The van der Waals surface area contributed by atoms with Crippen LogP contribution in [0.25, 0.3) is 0 Å². The minimum absolute atomic E-state index is 0.565. The average Bonchev–Trinajstić information content (AvgIpc) is 2.61. The molecule has 0 amide bonds. The van der Waals surface area contributed by atoms with Crippen molar-refractivity contribution in [2.24, 2.45) is 10.9 Å². The first-order valence-electron chi connectivity index (χ1n) is 8.83. The van der Waals surface area contributed by atoms with Crippen molar-refractivity contribution in [2.75, 3.05) is 57.4 Å². The number of aliphatic imine (C=N–C) groups is 1. The van der Waals surface area contributed by atoms with Crippen LogP contribution in [0, 0.1) is 5.92 Å². The lowest BCUT2D eigenvalue weighted by molar-refractivity contribution is 0.116. The molecule has 2 rings (SSSR count). The van der Waals surface area contributed by atoms with Gasteiger partial charge in [0.25, 0.3) is 0 Å². The fraction of sp³-hybridized carbons (Fsp3) is 0.706. The fourth-order valence-electron chi connectivity index (χ4n) is 2.53. The highest BCUT2D eigenvalue weighted by atomic mass is 16.5. The largest absolute Gasteiger partial charge is 0.379 e. The molecule has 0 aliphatic carbocycles. The number of anilines is 1. The highest BCUT2D eigenvalue weighted by molar-refractivity contribution is 5.80. The Balaban J connectivity index is 1.81. The van der Waals surface area contributed by atoms with Crippen molar-refractivity contribution in [2.45, 2.75) is 20.8 Å². The van der Waals surface area contributed by atoms with E-state index in [2.05, 4.69) is 50.8 Å². The molecule has 24 heavy (non-hydrogen) atoms. The second-order valence-corrected chi connectivity index (χ2v) is 6.23. The Bertz CT molecular complexity index is 485. The van der Waals surface area contributed by atoms with Crippen molar-refractivity contribution in [3.05, 3.63) is 18.5 Å². The van der Waals surface area contributed by atoms with Gasteiger partial charge in [-0.25, -0.2) is 9.97 Å². The number of nitrogens with zero attached hydrogens (tertiary/aromatic N) is 5. The third-order valence-corrected chi connectivity index (χ3v) is 3.70. The molecule has 0 radical (unpaired) electrons. The Morgan fingerprint density at radius 3 is 2.58 bits per heavy atom. The van der Waals surface area contributed by atoms with Crippen LogP contribution in [0.3, 0.4) is 0 Å². The number of ether oxygens (including phenoxy) is 1. The molecule has 1 fully saturated rings. The molecule has 0 spiro atoms. The van der Waals surface area contributed by atoms with Gasteiger partial charge in [0, 0.05) is 51.7 Å². The maximum atomic E-state index is 5.61. The second kappa shape index (κ2) is 10.1. The quantitative estimate of drug-likeness (QED) is 0.460. The lowest BCUT2D eigenvalue weighted by Crippen LogP contribution is -2.53. The number of hydrogen-bond acceptors (Lipinski definition) is 5. The van der Waals surface area contributed by atoms with Crippen molar-refractivity contribution in [1.82, 2.24) is 20.2 Å². The molecular formula is C17H30N6O. The van der Waals surface area contributed by atoms with Crippen molar-refractivity contribution < 1.29 is 4.74 Å². The molecule has 0 bridgehead atoms. The number of piperazine rings is 1. The summed E-state index contributed by atoms with van der Waals surface area (Å²) >= 11 is 0. The summed E-state index contributed by atoms with van der Waals surface area (Å²) in [5.74, 6) is 2.34. The van der Waals surface area contributed by atoms with Crippen LogP contribution in [-0.4, -0.2) is 73.3 Å². The third-order valence-electron chi connectivity index (χ3n) is 3.70. The molecule has 2 heterocycles. The SMILES string of the molecule is CCNC(=NCCOCC(C)C)N1CCN(c2ncccn2)CC1. The van der Waals surface area contributed by atoms with E-state index in [-0.39, 0.29) is 0 Å². The summed E-state index contributed by atoms with van der Waals surface area (Å²) in [4.78, 5) is 17.9. The van der Waals surface area contributed by atoms with E-state index in [9.17, 15) is 0 Å². The Labute approximate surface area is 145 Å². The maximum Gasteiger partial charge on any atom is 0.225 e. The van der Waals surface area contributed by atoms with Crippen molar-refractivity contribution in [3.8, 4) is 0 Å². The van der Waals surface area contributed by atoms with Gasteiger partial charge in [0.2, 0.25) is 5.95 Å². The van der Waals surface area contributed by atoms with Gasteiger partial charge in [-0.2, -0.15) is 0 Å². The summed E-state index contributed by atoms with van der Waals surface area (Å²) < 4.78 is 5.61. The standard InChI is InChI=1S/C17H30N6O/c1-4-18-16(21-8-13-24-14-15(2)3)22-9-11-23(12-10-22)17-19-6-5-7-20-17/h5-7,15H,4,8-14H2,1-3H3,(H,18,21).